The number of benzene rings is 3. The Hall–Kier alpha value is -3.49. The smallest absolute Gasteiger partial charge is 0.415 e. The van der Waals surface area contributed by atoms with E-state index in [9.17, 15) is 19.5 Å². The Balaban J connectivity index is 1.67. The van der Waals surface area contributed by atoms with Gasteiger partial charge in [-0.05, 0) is 81.0 Å². The highest BCUT2D eigenvalue weighted by molar-refractivity contribution is 7.98. The lowest BCUT2D eigenvalue weighted by Gasteiger charge is -2.26. The number of carbonyl (C=O) groups excluding carboxylic acids is 2. The van der Waals surface area contributed by atoms with Crippen molar-refractivity contribution in [2.45, 2.75) is 44.1 Å². The third-order valence-corrected chi connectivity index (χ3v) is 8.05. The van der Waals surface area contributed by atoms with Crippen LogP contribution in [0.15, 0.2) is 65.6 Å². The summed E-state index contributed by atoms with van der Waals surface area (Å²) in [5.74, 6) is -1.13. The number of amides is 1. The summed E-state index contributed by atoms with van der Waals surface area (Å²) in [6.45, 7) is 7.16. The highest BCUT2D eigenvalue weighted by Gasteiger charge is 2.42. The van der Waals surface area contributed by atoms with E-state index in [0.29, 0.717) is 22.1 Å². The number of nitrogens with zero attached hydrogens (tertiary/aromatic N) is 1. The number of carboxylic acids is 1. The minimum absolute atomic E-state index is 0.0571. The number of aliphatic carboxylic acids is 1. The second-order valence-electron chi connectivity index (χ2n) is 10.4. The third-order valence-electron chi connectivity index (χ3n) is 7.07. The molecule has 3 aromatic rings. The van der Waals surface area contributed by atoms with Crippen molar-refractivity contribution in [1.82, 2.24) is 4.90 Å². The standard InChI is InChI=1S/C31H32ClNO6S/c1-18-13-21(14-19(2)28(18)39-31(3,4)29(35)36)25-16-33(30(37)38-23-8-6-7-22(32)15-23)17-26(25)27(34)20-9-11-24(40-5)12-10-20/h6-15,25-26H,16-17H2,1-5H3,(H,35,36)/t25-,26+/m0/s1. The molecule has 0 aliphatic carbocycles. The number of carbonyl (C=O) groups is 3. The predicted molar refractivity (Wildman–Crippen MR) is 156 cm³/mol. The van der Waals surface area contributed by atoms with Gasteiger partial charge in [-0.3, -0.25) is 4.79 Å². The number of Topliss-reactive ketones (excluding diaryl/α,β-unsaturated/α-hetero) is 1. The maximum Gasteiger partial charge on any atom is 0.415 e. The fraction of sp³-hybridized carbons (Fsp3) is 0.323. The van der Waals surface area contributed by atoms with E-state index in [4.69, 9.17) is 21.1 Å². The van der Waals surface area contributed by atoms with Crippen LogP contribution in [-0.4, -0.2) is 52.8 Å². The van der Waals surface area contributed by atoms with Crippen LogP contribution in [0.3, 0.4) is 0 Å². The molecule has 210 valence electrons. The monoisotopic (exact) mass is 581 g/mol. The molecule has 0 aromatic heterocycles. The first kappa shape index (κ1) is 29.5. The number of hydrogen-bond donors (Lipinski definition) is 1. The average Bonchev–Trinajstić information content (AvgIpc) is 3.36. The van der Waals surface area contributed by atoms with E-state index in [1.54, 1.807) is 40.9 Å². The van der Waals surface area contributed by atoms with Crippen LogP contribution < -0.4 is 9.47 Å². The number of likely N-dealkylation sites (tertiary alicyclic amines) is 1. The van der Waals surface area contributed by atoms with Crippen molar-refractivity contribution in [2.24, 2.45) is 5.92 Å². The average molecular weight is 582 g/mol. The van der Waals surface area contributed by atoms with Crippen LogP contribution in [0.25, 0.3) is 0 Å². The van der Waals surface area contributed by atoms with Gasteiger partial charge in [0.25, 0.3) is 0 Å². The highest BCUT2D eigenvalue weighted by atomic mass is 35.5. The van der Waals surface area contributed by atoms with E-state index < -0.39 is 23.6 Å². The van der Waals surface area contributed by atoms with Gasteiger partial charge in [-0.15, -0.1) is 11.8 Å². The van der Waals surface area contributed by atoms with Gasteiger partial charge in [0.2, 0.25) is 0 Å². The lowest BCUT2D eigenvalue weighted by Crippen LogP contribution is -2.38. The lowest BCUT2D eigenvalue weighted by molar-refractivity contribution is -0.152. The van der Waals surface area contributed by atoms with E-state index in [1.807, 2.05) is 56.5 Å². The Morgan fingerprint density at radius 2 is 1.65 bits per heavy atom. The first-order chi connectivity index (χ1) is 18.9. The largest absolute Gasteiger partial charge is 0.478 e. The third kappa shape index (κ3) is 6.45. The van der Waals surface area contributed by atoms with Gasteiger partial charge in [0.05, 0.1) is 0 Å². The number of hydrogen-bond acceptors (Lipinski definition) is 6. The van der Waals surface area contributed by atoms with Crippen molar-refractivity contribution >= 4 is 41.2 Å². The van der Waals surface area contributed by atoms with Crippen molar-refractivity contribution < 1.29 is 29.0 Å². The minimum atomic E-state index is -1.41. The molecule has 0 bridgehead atoms. The normalized spacial score (nSPS) is 17.0. The molecule has 1 fully saturated rings. The van der Waals surface area contributed by atoms with E-state index in [1.165, 1.54) is 13.8 Å². The Kier molecular flexibility index (Phi) is 8.80. The summed E-state index contributed by atoms with van der Waals surface area (Å²) in [6, 6.07) is 17.9. The number of halogens is 1. The van der Waals surface area contributed by atoms with Crippen molar-refractivity contribution in [3.63, 3.8) is 0 Å². The molecule has 1 saturated heterocycles. The molecule has 1 amide bonds. The quantitative estimate of drug-likeness (QED) is 0.226. The molecule has 1 heterocycles. The van der Waals surface area contributed by atoms with Crippen molar-refractivity contribution in [3.8, 4) is 11.5 Å². The maximum atomic E-state index is 13.8. The highest BCUT2D eigenvalue weighted by Crippen LogP contribution is 2.39. The number of ether oxygens (including phenoxy) is 2. The molecule has 1 aliphatic heterocycles. The number of rotatable bonds is 8. The molecule has 0 spiro atoms. The van der Waals surface area contributed by atoms with Crippen LogP contribution in [-0.2, 0) is 4.79 Å². The van der Waals surface area contributed by atoms with Crippen LogP contribution in [0.2, 0.25) is 5.02 Å². The van der Waals surface area contributed by atoms with Gasteiger partial charge in [-0.1, -0.05) is 41.9 Å². The van der Waals surface area contributed by atoms with Gasteiger partial charge in [-0.25, -0.2) is 9.59 Å². The Morgan fingerprint density at radius 1 is 1.00 bits per heavy atom. The van der Waals surface area contributed by atoms with Crippen LogP contribution in [0.1, 0.15) is 46.8 Å². The SMILES string of the molecule is CSc1ccc(C(=O)[C@@H]2CN(C(=O)Oc3cccc(Cl)c3)C[C@H]2c2cc(C)c(OC(C)(C)C(=O)O)c(C)c2)cc1. The van der Waals surface area contributed by atoms with Crippen molar-refractivity contribution in [2.75, 3.05) is 19.3 Å². The number of carboxylic acid groups (broad SMARTS) is 1. The fourth-order valence-electron chi connectivity index (χ4n) is 4.88. The molecule has 0 saturated carbocycles. The molecule has 9 heteroatoms. The van der Waals surface area contributed by atoms with E-state index in [-0.39, 0.29) is 24.8 Å². The van der Waals surface area contributed by atoms with Gasteiger partial charge in [0, 0.05) is 40.4 Å². The van der Waals surface area contributed by atoms with Crippen LogP contribution >= 0.6 is 23.4 Å². The van der Waals surface area contributed by atoms with Crippen LogP contribution in [0.4, 0.5) is 4.79 Å². The zero-order chi connectivity index (χ0) is 29.2. The molecule has 7 nitrogen and oxygen atoms in total. The molecule has 1 aliphatic rings. The number of aryl methyl sites for hydroxylation is 2. The second-order valence-corrected chi connectivity index (χ2v) is 11.8. The molecule has 2 atom stereocenters. The van der Waals surface area contributed by atoms with E-state index in [0.717, 1.165) is 21.6 Å². The summed E-state index contributed by atoms with van der Waals surface area (Å²) < 4.78 is 11.5. The fourth-order valence-corrected chi connectivity index (χ4v) is 5.47. The first-order valence-electron chi connectivity index (χ1n) is 12.8. The Bertz CT molecular complexity index is 1410. The first-order valence-corrected chi connectivity index (χ1v) is 14.4. The molecule has 1 N–H and O–H groups in total. The van der Waals surface area contributed by atoms with E-state index >= 15 is 0 Å². The van der Waals surface area contributed by atoms with Gasteiger partial charge in [0.15, 0.2) is 11.4 Å². The second kappa shape index (κ2) is 11.9. The molecule has 0 radical (unpaired) electrons. The zero-order valence-electron chi connectivity index (χ0n) is 23.1. The summed E-state index contributed by atoms with van der Waals surface area (Å²) in [6.07, 6.45) is 1.42. The lowest BCUT2D eigenvalue weighted by atomic mass is 9.82. The number of ketones is 1. The van der Waals surface area contributed by atoms with Gasteiger partial charge in [0.1, 0.15) is 11.5 Å². The molecular weight excluding hydrogens is 550 g/mol. The van der Waals surface area contributed by atoms with Gasteiger partial charge in [-0.2, -0.15) is 0 Å². The van der Waals surface area contributed by atoms with Crippen LogP contribution in [0, 0.1) is 19.8 Å². The maximum absolute atomic E-state index is 13.8. The summed E-state index contributed by atoms with van der Waals surface area (Å²) in [7, 11) is 0. The van der Waals surface area contributed by atoms with E-state index in [2.05, 4.69) is 0 Å². The molecule has 3 aromatic carbocycles. The predicted octanol–water partition coefficient (Wildman–Crippen LogP) is 7.02. The molecular formula is C31H32ClNO6S. The Labute approximate surface area is 243 Å². The Morgan fingerprint density at radius 3 is 2.23 bits per heavy atom. The topological polar surface area (TPSA) is 93.1 Å². The zero-order valence-corrected chi connectivity index (χ0v) is 24.6. The summed E-state index contributed by atoms with van der Waals surface area (Å²) in [4.78, 5) is 41.2. The van der Waals surface area contributed by atoms with Gasteiger partial charge >= 0.3 is 12.1 Å². The molecule has 40 heavy (non-hydrogen) atoms. The molecule has 4 rings (SSSR count). The van der Waals surface area contributed by atoms with Gasteiger partial charge < -0.3 is 19.5 Å². The summed E-state index contributed by atoms with van der Waals surface area (Å²) in [5.41, 5.74) is 1.54. The van der Waals surface area contributed by atoms with Crippen molar-refractivity contribution in [3.05, 3.63) is 87.9 Å². The minimum Gasteiger partial charge on any atom is -0.478 e. The summed E-state index contributed by atoms with van der Waals surface area (Å²) in [5, 5.41) is 9.98. The number of thioether (sulfide) groups is 1. The van der Waals surface area contributed by atoms with Crippen molar-refractivity contribution in [1.29, 1.82) is 0 Å². The summed E-state index contributed by atoms with van der Waals surface area (Å²) >= 11 is 7.65. The molecule has 0 unspecified atom stereocenters. The van der Waals surface area contributed by atoms with Crippen LogP contribution in [0.5, 0.6) is 11.5 Å².